The minimum atomic E-state index is -0.501. The third-order valence-corrected chi connectivity index (χ3v) is 4.19. The lowest BCUT2D eigenvalue weighted by Crippen LogP contribution is -2.02. The van der Waals surface area contributed by atoms with Crippen molar-refractivity contribution in [3.05, 3.63) is 84.3 Å². The largest absolute Gasteiger partial charge is 0.493 e. The summed E-state index contributed by atoms with van der Waals surface area (Å²) in [5.41, 5.74) is 2.46. The summed E-state index contributed by atoms with van der Waals surface area (Å²) in [5, 5.41) is 1.74. The van der Waals surface area contributed by atoms with E-state index in [4.69, 9.17) is 13.9 Å². The molecule has 5 nitrogen and oxygen atoms in total. The van der Waals surface area contributed by atoms with Crippen LogP contribution in [0.5, 0.6) is 0 Å². The Morgan fingerprint density at radius 1 is 1.11 bits per heavy atom. The summed E-state index contributed by atoms with van der Waals surface area (Å²) in [6.07, 6.45) is 3.03. The Morgan fingerprint density at radius 3 is 2.70 bits per heavy atom. The van der Waals surface area contributed by atoms with Crippen LogP contribution in [0.2, 0.25) is 0 Å². The standard InChI is InChI=1S/C22H17NO4/c1-25-19(12-21(24)26-14-15-7-3-2-4-8-15)20-11-16-13-23-18-10-6-5-9-17(18)22(16)27-20/h2-13H,14H2,1H3/b19-12-. The molecule has 5 heteroatoms. The van der Waals surface area contributed by atoms with Crippen molar-refractivity contribution < 1.29 is 18.7 Å². The van der Waals surface area contributed by atoms with E-state index in [2.05, 4.69) is 4.98 Å². The number of aromatic nitrogens is 1. The average molecular weight is 359 g/mol. The van der Waals surface area contributed by atoms with Gasteiger partial charge in [0.25, 0.3) is 0 Å². The van der Waals surface area contributed by atoms with Crippen LogP contribution in [0.25, 0.3) is 27.6 Å². The third kappa shape index (κ3) is 3.53. The highest BCUT2D eigenvalue weighted by Gasteiger charge is 2.14. The van der Waals surface area contributed by atoms with Gasteiger partial charge in [-0.2, -0.15) is 0 Å². The first-order chi connectivity index (χ1) is 13.2. The molecule has 4 aromatic rings. The summed E-state index contributed by atoms with van der Waals surface area (Å²) in [7, 11) is 1.49. The van der Waals surface area contributed by atoms with Gasteiger partial charge in [-0.1, -0.05) is 42.5 Å². The molecule has 0 atom stereocenters. The molecule has 0 fully saturated rings. The number of ether oxygens (including phenoxy) is 2. The summed E-state index contributed by atoms with van der Waals surface area (Å²) >= 11 is 0. The third-order valence-electron chi connectivity index (χ3n) is 4.19. The van der Waals surface area contributed by atoms with E-state index in [1.54, 1.807) is 12.3 Å². The van der Waals surface area contributed by atoms with E-state index < -0.39 is 5.97 Å². The second kappa shape index (κ2) is 7.33. The monoisotopic (exact) mass is 359 g/mol. The molecule has 134 valence electrons. The molecule has 2 heterocycles. The summed E-state index contributed by atoms with van der Waals surface area (Å²) < 4.78 is 16.6. The molecule has 4 rings (SSSR count). The van der Waals surface area contributed by atoms with E-state index in [9.17, 15) is 4.79 Å². The molecule has 2 aromatic heterocycles. The Hall–Kier alpha value is -3.60. The van der Waals surface area contributed by atoms with E-state index in [1.807, 2.05) is 54.6 Å². The molecule has 0 aliphatic rings. The first kappa shape index (κ1) is 16.8. The van der Waals surface area contributed by atoms with E-state index in [0.717, 1.165) is 21.9 Å². The van der Waals surface area contributed by atoms with Crippen molar-refractivity contribution in [3.8, 4) is 0 Å². The Balaban J connectivity index is 1.60. The number of rotatable bonds is 5. The average Bonchev–Trinajstić information content (AvgIpc) is 3.16. The summed E-state index contributed by atoms with van der Waals surface area (Å²) in [6.45, 7) is 0.196. The van der Waals surface area contributed by atoms with Gasteiger partial charge in [-0.25, -0.2) is 4.79 Å². The molecule has 0 unspecified atom stereocenters. The maximum atomic E-state index is 12.2. The number of benzene rings is 2. The number of para-hydroxylation sites is 1. The number of carbonyl (C=O) groups is 1. The minimum absolute atomic E-state index is 0.196. The predicted molar refractivity (Wildman–Crippen MR) is 103 cm³/mol. The second-order valence-electron chi connectivity index (χ2n) is 5.98. The van der Waals surface area contributed by atoms with Crippen molar-refractivity contribution in [3.63, 3.8) is 0 Å². The number of nitrogens with zero attached hydrogens (tertiary/aromatic N) is 1. The summed E-state index contributed by atoms with van der Waals surface area (Å²) in [4.78, 5) is 16.6. The number of furan rings is 1. The molecule has 27 heavy (non-hydrogen) atoms. The van der Waals surface area contributed by atoms with E-state index in [1.165, 1.54) is 13.2 Å². The number of methoxy groups -OCH3 is 1. The molecular formula is C22H17NO4. The number of pyridine rings is 1. The van der Waals surface area contributed by atoms with Crippen molar-refractivity contribution >= 4 is 33.6 Å². The fourth-order valence-corrected chi connectivity index (χ4v) is 2.86. The number of hydrogen-bond acceptors (Lipinski definition) is 5. The molecule has 0 aliphatic carbocycles. The van der Waals surface area contributed by atoms with Gasteiger partial charge in [0, 0.05) is 17.0 Å². The predicted octanol–water partition coefficient (Wildman–Crippen LogP) is 4.71. The van der Waals surface area contributed by atoms with Crippen LogP contribution in [0.3, 0.4) is 0 Å². The Bertz CT molecular complexity index is 1130. The maximum absolute atomic E-state index is 12.2. The zero-order chi connectivity index (χ0) is 18.6. The van der Waals surface area contributed by atoms with E-state index >= 15 is 0 Å². The normalized spacial score (nSPS) is 11.7. The molecule has 0 aliphatic heterocycles. The van der Waals surface area contributed by atoms with Crippen LogP contribution >= 0.6 is 0 Å². The first-order valence-corrected chi connectivity index (χ1v) is 8.48. The van der Waals surface area contributed by atoms with Crippen LogP contribution in [-0.2, 0) is 20.9 Å². The Kier molecular flexibility index (Phi) is 4.58. The topological polar surface area (TPSA) is 61.6 Å². The van der Waals surface area contributed by atoms with Gasteiger partial charge in [0.1, 0.15) is 12.2 Å². The molecular weight excluding hydrogens is 342 g/mol. The highest BCUT2D eigenvalue weighted by molar-refractivity contribution is 6.03. The minimum Gasteiger partial charge on any atom is -0.493 e. The van der Waals surface area contributed by atoms with Gasteiger partial charge in [0.05, 0.1) is 18.7 Å². The molecule has 0 spiro atoms. The van der Waals surface area contributed by atoms with Crippen molar-refractivity contribution in [1.29, 1.82) is 0 Å². The van der Waals surface area contributed by atoms with Crippen molar-refractivity contribution in [2.24, 2.45) is 0 Å². The second-order valence-corrected chi connectivity index (χ2v) is 5.98. The molecule has 0 amide bonds. The fourth-order valence-electron chi connectivity index (χ4n) is 2.86. The van der Waals surface area contributed by atoms with Gasteiger partial charge in [-0.05, 0) is 23.8 Å². The van der Waals surface area contributed by atoms with Crippen LogP contribution in [-0.4, -0.2) is 18.1 Å². The zero-order valence-electron chi connectivity index (χ0n) is 14.7. The fraction of sp³-hybridized carbons (Fsp3) is 0.0909. The van der Waals surface area contributed by atoms with Crippen LogP contribution in [0.15, 0.2) is 77.4 Å². The number of esters is 1. The Labute approximate surface area is 155 Å². The molecule has 0 saturated heterocycles. The zero-order valence-corrected chi connectivity index (χ0v) is 14.7. The highest BCUT2D eigenvalue weighted by atomic mass is 16.5. The lowest BCUT2D eigenvalue weighted by molar-refractivity contribution is -0.139. The number of hydrogen-bond donors (Lipinski definition) is 0. The summed E-state index contributed by atoms with van der Waals surface area (Å²) in [6, 6.07) is 19.0. The molecule has 0 radical (unpaired) electrons. The lowest BCUT2D eigenvalue weighted by atomic mass is 10.2. The first-order valence-electron chi connectivity index (χ1n) is 8.48. The van der Waals surface area contributed by atoms with Gasteiger partial charge in [-0.3, -0.25) is 4.98 Å². The smallest absolute Gasteiger partial charge is 0.334 e. The van der Waals surface area contributed by atoms with Crippen LogP contribution in [0, 0.1) is 0 Å². The van der Waals surface area contributed by atoms with Gasteiger partial charge < -0.3 is 13.9 Å². The van der Waals surface area contributed by atoms with Gasteiger partial charge >= 0.3 is 5.97 Å². The van der Waals surface area contributed by atoms with Gasteiger partial charge in [-0.15, -0.1) is 0 Å². The number of fused-ring (bicyclic) bond motifs is 3. The Morgan fingerprint density at radius 2 is 1.89 bits per heavy atom. The number of carbonyl (C=O) groups excluding carboxylic acids is 1. The quantitative estimate of drug-likeness (QED) is 0.293. The molecule has 0 bridgehead atoms. The molecule has 2 aromatic carbocycles. The van der Waals surface area contributed by atoms with Crippen molar-refractivity contribution in [1.82, 2.24) is 4.98 Å². The molecule has 0 saturated carbocycles. The van der Waals surface area contributed by atoms with Crippen molar-refractivity contribution in [2.45, 2.75) is 6.61 Å². The van der Waals surface area contributed by atoms with Gasteiger partial charge in [0.2, 0.25) is 0 Å². The lowest BCUT2D eigenvalue weighted by Gasteiger charge is -2.04. The van der Waals surface area contributed by atoms with Crippen molar-refractivity contribution in [2.75, 3.05) is 7.11 Å². The molecule has 0 N–H and O–H groups in total. The van der Waals surface area contributed by atoms with Crippen LogP contribution in [0.4, 0.5) is 0 Å². The van der Waals surface area contributed by atoms with Crippen LogP contribution in [0.1, 0.15) is 11.3 Å². The SMILES string of the molecule is CO/C(=C\C(=O)OCc1ccccc1)c1cc2cnc3ccccc3c2o1. The maximum Gasteiger partial charge on any atom is 0.334 e. The van der Waals surface area contributed by atoms with E-state index in [0.29, 0.717) is 17.1 Å². The van der Waals surface area contributed by atoms with Gasteiger partial charge in [0.15, 0.2) is 11.5 Å². The van der Waals surface area contributed by atoms with E-state index in [-0.39, 0.29) is 6.61 Å². The van der Waals surface area contributed by atoms with Crippen LogP contribution < -0.4 is 0 Å². The summed E-state index contributed by atoms with van der Waals surface area (Å²) in [5.74, 6) is 0.245. The highest BCUT2D eigenvalue weighted by Crippen LogP contribution is 2.29.